The van der Waals surface area contributed by atoms with Crippen LogP contribution in [0.15, 0.2) is 102 Å². The Labute approximate surface area is 267 Å². The zero-order chi connectivity index (χ0) is 31.0. The van der Waals surface area contributed by atoms with E-state index in [0.29, 0.717) is 31.7 Å². The van der Waals surface area contributed by atoms with Gasteiger partial charge in [-0.2, -0.15) is 0 Å². The minimum atomic E-state index is -0.193. The minimum absolute atomic E-state index is 0.184. The van der Waals surface area contributed by atoms with Crippen LogP contribution in [-0.2, 0) is 26.1 Å². The van der Waals surface area contributed by atoms with Crippen molar-refractivity contribution in [2.45, 2.75) is 32.1 Å². The molecule has 0 radical (unpaired) electrons. The van der Waals surface area contributed by atoms with Crippen molar-refractivity contribution >= 4 is 17.2 Å². The van der Waals surface area contributed by atoms with Gasteiger partial charge in [-0.15, -0.1) is 11.3 Å². The van der Waals surface area contributed by atoms with E-state index in [4.69, 9.17) is 23.9 Å². The predicted octanol–water partition coefficient (Wildman–Crippen LogP) is 6.81. The molecule has 2 heterocycles. The van der Waals surface area contributed by atoms with Gasteiger partial charge in [0.15, 0.2) is 11.5 Å². The number of aromatic nitrogens is 1. The Kier molecular flexibility index (Phi) is 9.58. The molecule has 5 aromatic rings. The third kappa shape index (κ3) is 7.63. The summed E-state index contributed by atoms with van der Waals surface area (Å²) in [5, 5.41) is 5.91. The Morgan fingerprint density at radius 1 is 0.867 bits per heavy atom. The molecule has 1 aromatic heterocycles. The second-order valence-corrected chi connectivity index (χ2v) is 11.7. The maximum absolute atomic E-state index is 13.5. The molecule has 8 nitrogen and oxygen atoms in total. The monoisotopic (exact) mass is 621 g/mol. The van der Waals surface area contributed by atoms with Gasteiger partial charge >= 0.3 is 0 Å². The molecule has 230 valence electrons. The topological polar surface area (TPSA) is 82.2 Å². The van der Waals surface area contributed by atoms with E-state index >= 15 is 0 Å². The number of hydrogen-bond donors (Lipinski definition) is 1. The molecule has 0 saturated heterocycles. The molecular formula is C36H35N3O5S. The van der Waals surface area contributed by atoms with Gasteiger partial charge in [0.1, 0.15) is 22.2 Å². The second-order valence-electron chi connectivity index (χ2n) is 10.8. The first-order valence-electron chi connectivity index (χ1n) is 14.7. The van der Waals surface area contributed by atoms with Gasteiger partial charge in [0.05, 0.1) is 26.8 Å². The summed E-state index contributed by atoms with van der Waals surface area (Å²) in [6, 6.07) is 31.9. The van der Waals surface area contributed by atoms with Crippen molar-refractivity contribution in [3.8, 4) is 23.0 Å². The maximum Gasteiger partial charge on any atom is 0.271 e. The summed E-state index contributed by atoms with van der Waals surface area (Å²) in [7, 11) is 3.30. The molecule has 0 spiro atoms. The Bertz CT molecular complexity index is 1730. The Balaban J connectivity index is 1.21. The van der Waals surface area contributed by atoms with Crippen molar-refractivity contribution < 1.29 is 23.7 Å². The van der Waals surface area contributed by atoms with E-state index in [0.717, 1.165) is 50.3 Å². The van der Waals surface area contributed by atoms with Crippen LogP contribution in [0.3, 0.4) is 0 Å². The van der Waals surface area contributed by atoms with E-state index in [2.05, 4.69) is 22.3 Å². The highest BCUT2D eigenvalue weighted by Gasteiger charge is 2.21. The van der Waals surface area contributed by atoms with E-state index in [-0.39, 0.29) is 18.7 Å². The molecule has 1 aliphatic heterocycles. The fraction of sp³-hybridized carbons (Fsp3) is 0.222. The summed E-state index contributed by atoms with van der Waals surface area (Å²) in [4.78, 5) is 20.6. The summed E-state index contributed by atoms with van der Waals surface area (Å²) < 4.78 is 22.2. The highest BCUT2D eigenvalue weighted by molar-refractivity contribution is 7.09. The van der Waals surface area contributed by atoms with Gasteiger partial charge in [-0.25, -0.2) is 4.98 Å². The van der Waals surface area contributed by atoms with Crippen molar-refractivity contribution in [3.63, 3.8) is 0 Å². The van der Waals surface area contributed by atoms with Gasteiger partial charge in [-0.3, -0.25) is 9.69 Å². The van der Waals surface area contributed by atoms with E-state index in [1.165, 1.54) is 11.3 Å². The summed E-state index contributed by atoms with van der Waals surface area (Å²) in [6.45, 7) is 1.98. The molecule has 1 atom stereocenters. The van der Waals surface area contributed by atoms with Gasteiger partial charge in [-0.05, 0) is 41.3 Å². The first-order chi connectivity index (χ1) is 22.1. The number of hydrogen-bond acceptors (Lipinski definition) is 8. The lowest BCUT2D eigenvalue weighted by atomic mass is 9.99. The smallest absolute Gasteiger partial charge is 0.271 e. The lowest BCUT2D eigenvalue weighted by molar-refractivity contribution is 0.0931. The van der Waals surface area contributed by atoms with E-state index in [9.17, 15) is 4.79 Å². The Hall–Kier alpha value is -4.86. The first kappa shape index (κ1) is 30.2. The molecule has 1 aliphatic rings. The number of methoxy groups -OCH3 is 2. The Morgan fingerprint density at radius 3 is 2.42 bits per heavy atom. The standard InChI is InChI=1S/C36H35N3O5S/c1-41-29-15-14-28(33(19-29)42-2)21-39(20-26-13-16-32-34(18-26)44-24-43-32)22-35-37-31(23-45-35)36(40)38-30(27-11-7-4-8-12-27)17-25-9-5-3-6-10-25/h3-16,18-19,23,30H,17,20-22,24H2,1-2H3,(H,38,40). The van der Waals surface area contributed by atoms with Crippen LogP contribution in [-0.4, -0.2) is 36.8 Å². The molecule has 9 heteroatoms. The quantitative estimate of drug-likeness (QED) is 0.155. The molecular weight excluding hydrogens is 586 g/mol. The van der Waals surface area contributed by atoms with Crippen molar-refractivity contribution in [3.05, 3.63) is 135 Å². The minimum Gasteiger partial charge on any atom is -0.497 e. The number of rotatable bonds is 13. The zero-order valence-corrected chi connectivity index (χ0v) is 26.1. The highest BCUT2D eigenvalue weighted by atomic mass is 32.1. The fourth-order valence-corrected chi connectivity index (χ4v) is 6.20. The van der Waals surface area contributed by atoms with Crippen molar-refractivity contribution in [2.24, 2.45) is 0 Å². The van der Waals surface area contributed by atoms with Gasteiger partial charge < -0.3 is 24.3 Å². The van der Waals surface area contributed by atoms with Crippen molar-refractivity contribution in [2.75, 3.05) is 21.0 Å². The van der Waals surface area contributed by atoms with Crippen LogP contribution < -0.4 is 24.3 Å². The molecule has 1 N–H and O–H groups in total. The van der Waals surface area contributed by atoms with E-state index < -0.39 is 0 Å². The summed E-state index contributed by atoms with van der Waals surface area (Å²) in [5.41, 5.74) is 4.70. The van der Waals surface area contributed by atoms with E-state index in [1.807, 2.05) is 90.3 Å². The molecule has 1 amide bonds. The molecule has 0 saturated carbocycles. The van der Waals surface area contributed by atoms with Crippen LogP contribution >= 0.6 is 11.3 Å². The molecule has 1 unspecified atom stereocenters. The predicted molar refractivity (Wildman–Crippen MR) is 174 cm³/mol. The van der Waals surface area contributed by atoms with Crippen LogP contribution in [0.2, 0.25) is 0 Å². The average molecular weight is 622 g/mol. The molecule has 45 heavy (non-hydrogen) atoms. The maximum atomic E-state index is 13.5. The second kappa shape index (κ2) is 14.3. The normalized spacial score (nSPS) is 12.6. The number of nitrogens with one attached hydrogen (secondary N) is 1. The number of carbonyl (C=O) groups is 1. The number of nitrogens with zero attached hydrogens (tertiary/aromatic N) is 2. The summed E-state index contributed by atoms with van der Waals surface area (Å²) in [5.74, 6) is 2.77. The number of carbonyl (C=O) groups excluding carboxylic acids is 1. The highest BCUT2D eigenvalue weighted by Crippen LogP contribution is 2.34. The first-order valence-corrected chi connectivity index (χ1v) is 15.6. The third-order valence-corrected chi connectivity index (χ3v) is 8.50. The lowest BCUT2D eigenvalue weighted by Crippen LogP contribution is -2.30. The number of ether oxygens (including phenoxy) is 4. The lowest BCUT2D eigenvalue weighted by Gasteiger charge is -2.23. The number of amides is 1. The van der Waals surface area contributed by atoms with Crippen LogP contribution in [0.4, 0.5) is 0 Å². The number of thiazole rings is 1. The summed E-state index contributed by atoms with van der Waals surface area (Å²) >= 11 is 1.48. The van der Waals surface area contributed by atoms with Crippen molar-refractivity contribution in [1.82, 2.24) is 15.2 Å². The van der Waals surface area contributed by atoms with Crippen LogP contribution in [0.1, 0.15) is 43.8 Å². The molecule has 0 fully saturated rings. The van der Waals surface area contributed by atoms with E-state index in [1.54, 1.807) is 14.2 Å². The molecule has 6 rings (SSSR count). The molecule has 0 aliphatic carbocycles. The van der Waals surface area contributed by atoms with Gasteiger partial charge in [0, 0.05) is 30.1 Å². The zero-order valence-electron chi connectivity index (χ0n) is 25.3. The van der Waals surface area contributed by atoms with Gasteiger partial charge in [0.25, 0.3) is 5.91 Å². The third-order valence-electron chi connectivity index (χ3n) is 7.66. The SMILES string of the molecule is COc1ccc(CN(Cc2ccc3c(c2)OCO3)Cc2nc(C(=O)NC(Cc3ccccc3)c3ccccc3)cs2)c(OC)c1. The summed E-state index contributed by atoms with van der Waals surface area (Å²) in [6.07, 6.45) is 0.681. The van der Waals surface area contributed by atoms with Gasteiger partial charge in [0.2, 0.25) is 6.79 Å². The number of fused-ring (bicyclic) bond motifs is 1. The van der Waals surface area contributed by atoms with Crippen LogP contribution in [0.5, 0.6) is 23.0 Å². The van der Waals surface area contributed by atoms with Gasteiger partial charge in [-0.1, -0.05) is 72.8 Å². The Morgan fingerprint density at radius 2 is 1.64 bits per heavy atom. The van der Waals surface area contributed by atoms with Crippen molar-refractivity contribution in [1.29, 1.82) is 0 Å². The average Bonchev–Trinajstić information content (AvgIpc) is 3.75. The molecule has 0 bridgehead atoms. The number of benzene rings is 4. The van der Waals surface area contributed by atoms with Crippen LogP contribution in [0, 0.1) is 0 Å². The molecule has 4 aromatic carbocycles. The fourth-order valence-electron chi connectivity index (χ4n) is 5.39. The van der Waals surface area contributed by atoms with Crippen LogP contribution in [0.25, 0.3) is 0 Å². The largest absolute Gasteiger partial charge is 0.497 e.